The Balaban J connectivity index is 2.03. The first-order valence-corrected chi connectivity index (χ1v) is 5.51. The molecule has 4 nitrogen and oxygen atoms in total. The van der Waals surface area contributed by atoms with Crippen molar-refractivity contribution in [2.45, 2.75) is 6.92 Å². The first-order valence-electron chi connectivity index (χ1n) is 5.51. The highest BCUT2D eigenvalue weighted by Crippen LogP contribution is 2.14. The molecule has 0 aliphatic rings. The Labute approximate surface area is 106 Å². The summed E-state index contributed by atoms with van der Waals surface area (Å²) in [5.41, 5.74) is 6.08. The lowest BCUT2D eigenvalue weighted by molar-refractivity contribution is 1.13. The largest absolute Gasteiger partial charge is 0.260 e. The van der Waals surface area contributed by atoms with Crippen molar-refractivity contribution >= 4 is 11.4 Å². The van der Waals surface area contributed by atoms with Gasteiger partial charge in [0, 0.05) is 0 Å². The number of hydrogen-bond acceptors (Lipinski definition) is 3. The van der Waals surface area contributed by atoms with Gasteiger partial charge in [0.05, 0.1) is 23.0 Å². The molecular formula is C14H12N4. The van der Waals surface area contributed by atoms with Crippen molar-refractivity contribution in [3.63, 3.8) is 0 Å². The van der Waals surface area contributed by atoms with Crippen LogP contribution < -0.4 is 5.43 Å². The summed E-state index contributed by atoms with van der Waals surface area (Å²) in [4.78, 5) is 0. The summed E-state index contributed by atoms with van der Waals surface area (Å²) in [5, 5.41) is 16.7. The summed E-state index contributed by atoms with van der Waals surface area (Å²) < 4.78 is 0. The monoisotopic (exact) mass is 236 g/mol. The Morgan fingerprint density at radius 1 is 1.11 bits per heavy atom. The minimum absolute atomic E-state index is 0.588. The highest BCUT2D eigenvalue weighted by atomic mass is 15.4. The second-order valence-corrected chi connectivity index (χ2v) is 3.84. The van der Waals surface area contributed by atoms with Crippen molar-refractivity contribution in [1.29, 1.82) is 5.26 Å². The van der Waals surface area contributed by atoms with Crippen molar-refractivity contribution in [1.82, 2.24) is 0 Å². The van der Waals surface area contributed by atoms with Crippen LogP contribution in [0.4, 0.5) is 11.4 Å². The number of rotatable bonds is 3. The zero-order valence-corrected chi connectivity index (χ0v) is 9.96. The van der Waals surface area contributed by atoms with E-state index in [4.69, 9.17) is 5.26 Å². The first kappa shape index (κ1) is 11.8. The predicted octanol–water partition coefficient (Wildman–Crippen LogP) is 3.98. The maximum absolute atomic E-state index is 8.76. The third kappa shape index (κ3) is 3.16. The molecule has 0 spiro atoms. The van der Waals surface area contributed by atoms with Crippen LogP contribution >= 0.6 is 0 Å². The third-order valence-electron chi connectivity index (χ3n) is 2.37. The molecule has 0 saturated heterocycles. The van der Waals surface area contributed by atoms with Gasteiger partial charge in [-0.3, -0.25) is 5.43 Å². The van der Waals surface area contributed by atoms with E-state index in [0.717, 1.165) is 11.4 Å². The standard InChI is InChI=1S/C14H12N4/c1-11-5-7-13(8-6-11)16-18-17-14-4-2-3-12(9-14)10-15/h2-9H,1H3,(H,16,17). The number of benzene rings is 2. The summed E-state index contributed by atoms with van der Waals surface area (Å²) in [6.45, 7) is 2.02. The van der Waals surface area contributed by atoms with Gasteiger partial charge in [-0.25, -0.2) is 0 Å². The minimum atomic E-state index is 0.588. The predicted molar refractivity (Wildman–Crippen MR) is 70.5 cm³/mol. The van der Waals surface area contributed by atoms with Crippen LogP contribution in [-0.4, -0.2) is 0 Å². The average molecular weight is 236 g/mol. The SMILES string of the molecule is Cc1ccc(N=NNc2cccc(C#N)c2)cc1. The molecule has 4 heteroatoms. The van der Waals surface area contributed by atoms with Gasteiger partial charge in [-0.1, -0.05) is 29.0 Å². The van der Waals surface area contributed by atoms with Crippen LogP contribution in [0, 0.1) is 18.3 Å². The maximum atomic E-state index is 8.76. The Hall–Kier alpha value is -2.67. The molecular weight excluding hydrogens is 224 g/mol. The van der Waals surface area contributed by atoms with E-state index in [9.17, 15) is 0 Å². The lowest BCUT2D eigenvalue weighted by atomic mass is 10.2. The Kier molecular flexibility index (Phi) is 3.67. The summed E-state index contributed by atoms with van der Waals surface area (Å²) in [5.74, 6) is 0. The number of hydrogen-bond donors (Lipinski definition) is 1. The Morgan fingerprint density at radius 3 is 2.61 bits per heavy atom. The molecule has 88 valence electrons. The van der Waals surface area contributed by atoms with Crippen molar-refractivity contribution < 1.29 is 0 Å². The molecule has 0 unspecified atom stereocenters. The summed E-state index contributed by atoms with van der Waals surface area (Å²) in [6.07, 6.45) is 0. The summed E-state index contributed by atoms with van der Waals surface area (Å²) in [7, 11) is 0. The molecule has 0 bridgehead atoms. The van der Waals surface area contributed by atoms with E-state index < -0.39 is 0 Å². The van der Waals surface area contributed by atoms with Crippen molar-refractivity contribution in [3.8, 4) is 6.07 Å². The number of nitriles is 1. The molecule has 1 N–H and O–H groups in total. The highest BCUT2D eigenvalue weighted by molar-refractivity contribution is 5.48. The Bertz CT molecular complexity index is 594. The van der Waals surface area contributed by atoms with Crippen LogP contribution in [0.15, 0.2) is 58.9 Å². The molecule has 2 aromatic rings. The number of aryl methyl sites for hydroxylation is 1. The molecule has 0 aliphatic heterocycles. The van der Waals surface area contributed by atoms with E-state index in [-0.39, 0.29) is 0 Å². The number of nitrogens with zero attached hydrogens (tertiary/aromatic N) is 3. The van der Waals surface area contributed by atoms with E-state index in [1.54, 1.807) is 18.2 Å². The normalized spacial score (nSPS) is 10.2. The maximum Gasteiger partial charge on any atom is 0.0992 e. The second-order valence-electron chi connectivity index (χ2n) is 3.84. The zero-order chi connectivity index (χ0) is 12.8. The molecule has 0 aliphatic carbocycles. The summed E-state index contributed by atoms with van der Waals surface area (Å²) >= 11 is 0. The van der Waals surface area contributed by atoms with Crippen molar-refractivity contribution in [2.24, 2.45) is 10.3 Å². The van der Waals surface area contributed by atoms with Crippen LogP contribution in [0.3, 0.4) is 0 Å². The fourth-order valence-corrected chi connectivity index (χ4v) is 1.41. The van der Waals surface area contributed by atoms with Crippen LogP contribution in [0.2, 0.25) is 0 Å². The van der Waals surface area contributed by atoms with Gasteiger partial charge in [0.1, 0.15) is 0 Å². The summed E-state index contributed by atoms with van der Waals surface area (Å²) in [6, 6.07) is 16.9. The minimum Gasteiger partial charge on any atom is -0.260 e. The third-order valence-corrected chi connectivity index (χ3v) is 2.37. The Morgan fingerprint density at radius 2 is 1.89 bits per heavy atom. The molecule has 0 heterocycles. The van der Waals surface area contributed by atoms with Gasteiger partial charge in [-0.15, -0.1) is 5.11 Å². The van der Waals surface area contributed by atoms with Crippen molar-refractivity contribution in [3.05, 3.63) is 59.7 Å². The molecule has 0 radical (unpaired) electrons. The van der Waals surface area contributed by atoms with E-state index in [1.165, 1.54) is 5.56 Å². The van der Waals surface area contributed by atoms with Gasteiger partial charge >= 0.3 is 0 Å². The second kappa shape index (κ2) is 5.60. The van der Waals surface area contributed by atoms with Crippen LogP contribution in [0.25, 0.3) is 0 Å². The van der Waals surface area contributed by atoms with Gasteiger partial charge in [-0.05, 0) is 37.3 Å². The van der Waals surface area contributed by atoms with E-state index in [2.05, 4.69) is 21.8 Å². The molecule has 2 aromatic carbocycles. The molecule has 0 atom stereocenters. The molecule has 0 saturated carbocycles. The van der Waals surface area contributed by atoms with Crippen molar-refractivity contribution in [2.75, 3.05) is 5.43 Å². The number of anilines is 1. The molecule has 2 rings (SSSR count). The molecule has 18 heavy (non-hydrogen) atoms. The lowest BCUT2D eigenvalue weighted by Gasteiger charge is -1.98. The van der Waals surface area contributed by atoms with Gasteiger partial charge in [0.2, 0.25) is 0 Å². The fraction of sp³-hybridized carbons (Fsp3) is 0.0714. The van der Waals surface area contributed by atoms with Crippen LogP contribution in [0.5, 0.6) is 0 Å². The molecule has 0 amide bonds. The first-order chi connectivity index (χ1) is 8.78. The lowest BCUT2D eigenvalue weighted by Crippen LogP contribution is -1.86. The van der Waals surface area contributed by atoms with Gasteiger partial charge in [0.25, 0.3) is 0 Å². The average Bonchev–Trinajstić information content (AvgIpc) is 2.41. The fourth-order valence-electron chi connectivity index (χ4n) is 1.41. The topological polar surface area (TPSA) is 60.5 Å². The van der Waals surface area contributed by atoms with E-state index in [0.29, 0.717) is 5.56 Å². The van der Waals surface area contributed by atoms with Gasteiger partial charge < -0.3 is 0 Å². The zero-order valence-electron chi connectivity index (χ0n) is 9.96. The molecule has 0 aromatic heterocycles. The van der Waals surface area contributed by atoms with Gasteiger partial charge in [0.15, 0.2) is 0 Å². The smallest absolute Gasteiger partial charge is 0.0992 e. The highest BCUT2D eigenvalue weighted by Gasteiger charge is 1.93. The quantitative estimate of drug-likeness (QED) is 0.647. The van der Waals surface area contributed by atoms with Crippen LogP contribution in [-0.2, 0) is 0 Å². The van der Waals surface area contributed by atoms with Crippen LogP contribution in [0.1, 0.15) is 11.1 Å². The van der Waals surface area contributed by atoms with E-state index in [1.807, 2.05) is 37.3 Å². The molecule has 0 fully saturated rings. The number of nitrogens with one attached hydrogen (secondary N) is 1. The van der Waals surface area contributed by atoms with Gasteiger partial charge in [-0.2, -0.15) is 5.26 Å². The van der Waals surface area contributed by atoms with E-state index >= 15 is 0 Å².